The van der Waals surface area contributed by atoms with Crippen LogP contribution < -0.4 is 10.6 Å². The molecule has 1 saturated heterocycles. The molecular formula is C11H22N2O2S. The summed E-state index contributed by atoms with van der Waals surface area (Å²) in [7, 11) is 0. The maximum absolute atomic E-state index is 12.0. The van der Waals surface area contributed by atoms with Gasteiger partial charge in [-0.25, -0.2) is 0 Å². The van der Waals surface area contributed by atoms with Crippen molar-refractivity contribution in [2.75, 3.05) is 19.4 Å². The fourth-order valence-corrected chi connectivity index (χ4v) is 2.70. The molecule has 0 radical (unpaired) electrons. The third kappa shape index (κ3) is 3.37. The van der Waals surface area contributed by atoms with Crippen molar-refractivity contribution in [2.45, 2.75) is 37.6 Å². The highest BCUT2D eigenvalue weighted by molar-refractivity contribution is 7.99. The minimum Gasteiger partial charge on any atom is -0.395 e. The van der Waals surface area contributed by atoms with Crippen molar-refractivity contribution in [3.05, 3.63) is 0 Å². The van der Waals surface area contributed by atoms with Gasteiger partial charge in [0, 0.05) is 17.3 Å². The van der Waals surface area contributed by atoms with Crippen molar-refractivity contribution < 1.29 is 9.90 Å². The Labute approximate surface area is 102 Å². The molecule has 4 atom stereocenters. The normalized spacial score (nSPS) is 28.8. The lowest BCUT2D eigenvalue weighted by atomic mass is 10.0. The summed E-state index contributed by atoms with van der Waals surface area (Å²) < 4.78 is 0. The number of hydrogen-bond donors (Lipinski definition) is 3. The second kappa shape index (κ2) is 6.47. The smallest absolute Gasteiger partial charge is 0.224 e. The van der Waals surface area contributed by atoms with E-state index in [0.717, 1.165) is 13.0 Å². The number of thioether (sulfide) groups is 1. The Kier molecular flexibility index (Phi) is 5.58. The van der Waals surface area contributed by atoms with E-state index in [1.54, 1.807) is 11.8 Å². The standard InChI is InChI=1S/C11H22N2O2S/c1-7-9(4-5-12-7)11(15)13-8(2)10(6-14)16-3/h7-10,12,14H,4-6H2,1-3H3,(H,13,15). The van der Waals surface area contributed by atoms with Crippen LogP contribution >= 0.6 is 11.8 Å². The highest BCUT2D eigenvalue weighted by Crippen LogP contribution is 2.17. The molecular weight excluding hydrogens is 224 g/mol. The number of nitrogens with one attached hydrogen (secondary N) is 2. The first-order valence-electron chi connectivity index (χ1n) is 5.77. The van der Waals surface area contributed by atoms with E-state index in [1.807, 2.05) is 20.1 Å². The summed E-state index contributed by atoms with van der Waals surface area (Å²) in [5.74, 6) is 0.182. The molecule has 3 N–H and O–H groups in total. The minimum absolute atomic E-state index is 0.0142. The second-order valence-corrected chi connectivity index (χ2v) is 5.47. The van der Waals surface area contributed by atoms with E-state index in [1.165, 1.54) is 0 Å². The Balaban J connectivity index is 2.44. The monoisotopic (exact) mass is 246 g/mol. The van der Waals surface area contributed by atoms with Gasteiger partial charge in [-0.1, -0.05) is 0 Å². The van der Waals surface area contributed by atoms with Crippen LogP contribution in [0.25, 0.3) is 0 Å². The number of hydrogen-bond acceptors (Lipinski definition) is 4. The highest BCUT2D eigenvalue weighted by atomic mass is 32.2. The van der Waals surface area contributed by atoms with Crippen molar-refractivity contribution in [3.8, 4) is 0 Å². The lowest BCUT2D eigenvalue weighted by molar-refractivity contribution is -0.125. The lowest BCUT2D eigenvalue weighted by Gasteiger charge is -2.24. The van der Waals surface area contributed by atoms with Crippen LogP contribution in [0.5, 0.6) is 0 Å². The summed E-state index contributed by atoms with van der Waals surface area (Å²) in [4.78, 5) is 12.0. The summed E-state index contributed by atoms with van der Waals surface area (Å²) in [5.41, 5.74) is 0. The molecule has 1 amide bonds. The van der Waals surface area contributed by atoms with Crippen LogP contribution in [0, 0.1) is 5.92 Å². The molecule has 1 fully saturated rings. The van der Waals surface area contributed by atoms with E-state index in [2.05, 4.69) is 10.6 Å². The van der Waals surface area contributed by atoms with E-state index in [0.29, 0.717) is 0 Å². The minimum atomic E-state index is 0.0142. The third-order valence-corrected chi connectivity index (χ3v) is 4.44. The van der Waals surface area contributed by atoms with Crippen LogP contribution in [0.2, 0.25) is 0 Å². The molecule has 0 spiro atoms. The second-order valence-electron chi connectivity index (χ2n) is 4.39. The SMILES string of the molecule is CSC(CO)C(C)NC(=O)C1CCNC1C. The Bertz CT molecular complexity index is 234. The lowest BCUT2D eigenvalue weighted by Crippen LogP contribution is -2.45. The van der Waals surface area contributed by atoms with Gasteiger partial charge in [0.05, 0.1) is 12.5 Å². The maximum atomic E-state index is 12.0. The van der Waals surface area contributed by atoms with E-state index in [-0.39, 0.29) is 35.8 Å². The Morgan fingerprint density at radius 3 is 2.81 bits per heavy atom. The molecule has 1 rings (SSSR count). The number of carbonyl (C=O) groups excluding carboxylic acids is 1. The molecule has 4 nitrogen and oxygen atoms in total. The van der Waals surface area contributed by atoms with Gasteiger partial charge >= 0.3 is 0 Å². The van der Waals surface area contributed by atoms with Crippen LogP contribution in [0.1, 0.15) is 20.3 Å². The molecule has 0 aromatic carbocycles. The largest absolute Gasteiger partial charge is 0.395 e. The van der Waals surface area contributed by atoms with Gasteiger partial charge < -0.3 is 15.7 Å². The van der Waals surface area contributed by atoms with Gasteiger partial charge in [-0.05, 0) is 33.1 Å². The zero-order valence-electron chi connectivity index (χ0n) is 10.2. The summed E-state index contributed by atoms with van der Waals surface area (Å²) in [6.07, 6.45) is 2.85. The van der Waals surface area contributed by atoms with Gasteiger partial charge in [-0.15, -0.1) is 0 Å². The number of amides is 1. The van der Waals surface area contributed by atoms with Crippen LogP contribution in [0.4, 0.5) is 0 Å². The quantitative estimate of drug-likeness (QED) is 0.649. The molecule has 1 aliphatic heterocycles. The summed E-state index contributed by atoms with van der Waals surface area (Å²) in [6, 6.07) is 0.273. The fraction of sp³-hybridized carbons (Fsp3) is 0.909. The van der Waals surface area contributed by atoms with E-state index in [4.69, 9.17) is 5.11 Å². The molecule has 0 aliphatic carbocycles. The van der Waals surface area contributed by atoms with Crippen molar-refractivity contribution in [1.29, 1.82) is 0 Å². The van der Waals surface area contributed by atoms with Crippen molar-refractivity contribution in [2.24, 2.45) is 5.92 Å². The predicted molar refractivity (Wildman–Crippen MR) is 67.6 cm³/mol. The molecule has 1 heterocycles. The molecule has 5 heteroatoms. The third-order valence-electron chi connectivity index (χ3n) is 3.27. The van der Waals surface area contributed by atoms with Crippen LogP contribution in [0.15, 0.2) is 0 Å². The Morgan fingerprint density at radius 2 is 2.38 bits per heavy atom. The van der Waals surface area contributed by atoms with Gasteiger partial charge in [0.15, 0.2) is 0 Å². The Morgan fingerprint density at radius 1 is 1.69 bits per heavy atom. The molecule has 1 aliphatic rings. The predicted octanol–water partition coefficient (Wildman–Crippen LogP) is 0.213. The first-order valence-corrected chi connectivity index (χ1v) is 7.06. The topological polar surface area (TPSA) is 61.4 Å². The zero-order chi connectivity index (χ0) is 12.1. The number of aliphatic hydroxyl groups excluding tert-OH is 1. The number of carbonyl (C=O) groups is 1. The number of aliphatic hydroxyl groups is 1. The average molecular weight is 246 g/mol. The first-order chi connectivity index (χ1) is 7.60. The molecule has 0 bridgehead atoms. The molecule has 94 valence electrons. The van der Waals surface area contributed by atoms with E-state index in [9.17, 15) is 4.79 Å². The Hall–Kier alpha value is -0.260. The summed E-state index contributed by atoms with van der Waals surface area (Å²) in [5, 5.41) is 15.5. The molecule has 0 aromatic rings. The zero-order valence-corrected chi connectivity index (χ0v) is 11.0. The van der Waals surface area contributed by atoms with Crippen molar-refractivity contribution >= 4 is 17.7 Å². The van der Waals surface area contributed by atoms with Crippen molar-refractivity contribution in [3.63, 3.8) is 0 Å². The summed E-state index contributed by atoms with van der Waals surface area (Å²) in [6.45, 7) is 5.00. The maximum Gasteiger partial charge on any atom is 0.224 e. The van der Waals surface area contributed by atoms with Gasteiger partial charge in [0.2, 0.25) is 5.91 Å². The fourth-order valence-electron chi connectivity index (χ4n) is 2.08. The van der Waals surface area contributed by atoms with Gasteiger partial charge in [0.1, 0.15) is 0 Å². The molecule has 0 aromatic heterocycles. The van der Waals surface area contributed by atoms with E-state index < -0.39 is 0 Å². The van der Waals surface area contributed by atoms with Gasteiger partial charge in [-0.2, -0.15) is 11.8 Å². The average Bonchev–Trinajstić information content (AvgIpc) is 2.66. The molecule has 16 heavy (non-hydrogen) atoms. The van der Waals surface area contributed by atoms with E-state index >= 15 is 0 Å². The van der Waals surface area contributed by atoms with Crippen molar-refractivity contribution in [1.82, 2.24) is 10.6 Å². The summed E-state index contributed by atoms with van der Waals surface area (Å²) >= 11 is 1.58. The van der Waals surface area contributed by atoms with Gasteiger partial charge in [0.25, 0.3) is 0 Å². The number of rotatable bonds is 5. The van der Waals surface area contributed by atoms with Crippen LogP contribution in [0.3, 0.4) is 0 Å². The molecule has 0 saturated carbocycles. The highest BCUT2D eigenvalue weighted by Gasteiger charge is 2.30. The first kappa shape index (κ1) is 13.8. The molecule has 4 unspecified atom stereocenters. The van der Waals surface area contributed by atoms with Crippen LogP contribution in [-0.2, 0) is 4.79 Å². The van der Waals surface area contributed by atoms with Gasteiger partial charge in [-0.3, -0.25) is 4.79 Å². The van der Waals surface area contributed by atoms with Crippen LogP contribution in [-0.4, -0.2) is 47.8 Å².